The number of aryl methyl sites for hydroxylation is 2. The first-order valence-corrected chi connectivity index (χ1v) is 14.6. The van der Waals surface area contributed by atoms with Crippen molar-refractivity contribution in [2.24, 2.45) is 0 Å². The minimum Gasteiger partial charge on any atom is -0.418 e. The first kappa shape index (κ1) is 32.8. The Hall–Kier alpha value is -3.38. The number of nitrogens with one attached hydrogen (secondary N) is 1. The molecule has 0 radical (unpaired) electrons. The topological polar surface area (TPSA) is 104 Å². The lowest BCUT2D eigenvalue weighted by Crippen LogP contribution is -2.05. The van der Waals surface area contributed by atoms with Crippen molar-refractivity contribution in [2.45, 2.75) is 52.4 Å². The molecule has 218 valence electrons. The molecular weight excluding hydrogens is 547 g/mol. The number of nitrogens with two attached hydrogens (primary N) is 1. The normalized spacial score (nSPS) is 12.2. The van der Waals surface area contributed by atoms with Crippen molar-refractivity contribution in [1.29, 1.82) is 0 Å². The smallest absolute Gasteiger partial charge is 0.418 e. The summed E-state index contributed by atoms with van der Waals surface area (Å²) in [6, 6.07) is 14.0. The van der Waals surface area contributed by atoms with E-state index in [0.29, 0.717) is 24.3 Å². The second-order valence-corrected chi connectivity index (χ2v) is 10.6. The number of rotatable bonds is 12. The number of hydrogen-bond acceptors (Lipinski definition) is 4. The zero-order valence-corrected chi connectivity index (χ0v) is 23.4. The lowest BCUT2D eigenvalue weighted by Gasteiger charge is -2.11. The first-order chi connectivity index (χ1) is 18.8. The van der Waals surface area contributed by atoms with Crippen LogP contribution in [0.5, 0.6) is 0 Å². The molecule has 40 heavy (non-hydrogen) atoms. The van der Waals surface area contributed by atoms with Gasteiger partial charge in [-0.25, -0.2) is 0 Å². The molecule has 0 aliphatic rings. The summed E-state index contributed by atoms with van der Waals surface area (Å²) in [5.74, 6) is 0.128. The number of nitrogen functional groups attached to an aromatic ring is 1. The molecule has 1 aromatic heterocycles. The maximum absolute atomic E-state index is 11.1. The average molecular weight is 582 g/mol. The van der Waals surface area contributed by atoms with Gasteiger partial charge in [-0.3, -0.25) is 4.55 Å². The Labute approximate surface area is 232 Å². The van der Waals surface area contributed by atoms with Crippen molar-refractivity contribution in [1.82, 2.24) is 0 Å². The Morgan fingerprint density at radius 3 is 2.30 bits per heavy atom. The Bertz CT molecular complexity index is 1410. The molecule has 3 aromatic rings. The van der Waals surface area contributed by atoms with Gasteiger partial charge in [-0.1, -0.05) is 56.7 Å². The van der Waals surface area contributed by atoms with E-state index in [9.17, 15) is 25.7 Å². The van der Waals surface area contributed by atoms with Crippen LogP contribution in [0.4, 0.5) is 28.8 Å². The molecule has 0 aliphatic carbocycles. The third-order valence-corrected chi connectivity index (χ3v) is 6.67. The zero-order valence-electron chi connectivity index (χ0n) is 22.5. The van der Waals surface area contributed by atoms with E-state index in [2.05, 4.69) is 31.3 Å². The highest BCUT2D eigenvalue weighted by Gasteiger charge is 2.24. The van der Waals surface area contributed by atoms with Crippen LogP contribution in [0, 0.1) is 0 Å². The average Bonchev–Trinajstić information content (AvgIpc) is 2.85. The number of anilines is 2. The van der Waals surface area contributed by atoms with Crippen LogP contribution in [0.25, 0.3) is 17.0 Å². The molecule has 4 N–H and O–H groups in total. The van der Waals surface area contributed by atoms with Gasteiger partial charge < -0.3 is 28.3 Å². The number of halogens is 4. The lowest BCUT2D eigenvalue weighted by molar-refractivity contribution is 0.368. The van der Waals surface area contributed by atoms with E-state index < -0.39 is 17.4 Å². The SMILES string of the molecule is CCCCc1cc(CCCS(=O)(=O)O)cc2[o+]c(N)c(CC)c(C=CC=CNc3ccccc3)c12.F[B-](F)(F)F. The minimum atomic E-state index is -6.00. The highest BCUT2D eigenvalue weighted by molar-refractivity contribution is 7.85. The molecule has 1 heterocycles. The van der Waals surface area contributed by atoms with E-state index in [1.54, 1.807) is 0 Å². The van der Waals surface area contributed by atoms with Gasteiger partial charge in [-0.15, -0.1) is 0 Å². The Balaban J connectivity index is 0.00000103. The Kier molecular flexibility index (Phi) is 12.7. The van der Waals surface area contributed by atoms with Crippen LogP contribution in [-0.2, 0) is 29.4 Å². The third-order valence-electron chi connectivity index (χ3n) is 5.87. The second kappa shape index (κ2) is 15.4. The fourth-order valence-electron chi connectivity index (χ4n) is 4.19. The number of hydrogen-bond donors (Lipinski definition) is 3. The predicted octanol–water partition coefficient (Wildman–Crippen LogP) is 7.96. The maximum Gasteiger partial charge on any atom is 0.673 e. The quantitative estimate of drug-likeness (QED) is 0.0658. The molecule has 0 saturated heterocycles. The highest BCUT2D eigenvalue weighted by atomic mass is 32.2. The molecule has 0 spiro atoms. The summed E-state index contributed by atoms with van der Waals surface area (Å²) in [6.45, 7) is 4.22. The third kappa shape index (κ3) is 11.8. The molecule has 0 aliphatic heterocycles. The summed E-state index contributed by atoms with van der Waals surface area (Å²) >= 11 is 0. The van der Waals surface area contributed by atoms with E-state index in [0.717, 1.165) is 59.0 Å². The summed E-state index contributed by atoms with van der Waals surface area (Å²) in [5, 5.41) is 4.29. The molecule has 3 rings (SSSR count). The van der Waals surface area contributed by atoms with E-state index in [4.69, 9.17) is 14.7 Å². The molecule has 0 bridgehead atoms. The van der Waals surface area contributed by atoms with Gasteiger partial charge in [0.05, 0.1) is 16.7 Å². The monoisotopic (exact) mass is 582 g/mol. The standard InChI is InChI=1S/C28H34N2O4S.BF4/c1-3-5-13-22-19-21(12-11-18-35(31,32)33)20-26-27(22)25(24(4-2)28(29)34-26)16-9-10-17-30-23-14-7-6-8-15-23;2-1(3,4)5/h6-10,14-17,19-20,30H,3-5,11-13,18,29H2,1-2H3;/q;-1/p+1. The highest BCUT2D eigenvalue weighted by Crippen LogP contribution is 2.34. The molecule has 0 amide bonds. The summed E-state index contributed by atoms with van der Waals surface area (Å²) < 4.78 is 76.4. The molecule has 6 nitrogen and oxygen atoms in total. The first-order valence-electron chi connectivity index (χ1n) is 13.0. The van der Waals surface area contributed by atoms with Gasteiger partial charge in [0, 0.05) is 23.5 Å². The molecule has 0 saturated carbocycles. The summed E-state index contributed by atoms with van der Waals surface area (Å²) in [7, 11) is -9.98. The number of para-hydroxylation sites is 1. The molecule has 0 unspecified atom stereocenters. The fourth-order valence-corrected chi connectivity index (χ4v) is 4.70. The van der Waals surface area contributed by atoms with Gasteiger partial charge in [0.1, 0.15) is 0 Å². The van der Waals surface area contributed by atoms with Crippen LogP contribution < -0.4 is 11.1 Å². The number of fused-ring (bicyclic) bond motifs is 1. The van der Waals surface area contributed by atoms with Gasteiger partial charge >= 0.3 is 18.7 Å². The van der Waals surface area contributed by atoms with Crippen LogP contribution >= 0.6 is 0 Å². The van der Waals surface area contributed by atoms with Crippen molar-refractivity contribution in [2.75, 3.05) is 16.8 Å². The van der Waals surface area contributed by atoms with Crippen LogP contribution in [0.1, 0.15) is 55.4 Å². The van der Waals surface area contributed by atoms with Gasteiger partial charge in [0.15, 0.2) is 0 Å². The van der Waals surface area contributed by atoms with Gasteiger partial charge in [0.25, 0.3) is 10.1 Å². The van der Waals surface area contributed by atoms with Gasteiger partial charge in [-0.2, -0.15) is 12.8 Å². The van der Waals surface area contributed by atoms with Crippen LogP contribution in [-0.4, -0.2) is 26.0 Å². The number of allylic oxidation sites excluding steroid dienone is 2. The molecule has 0 atom stereocenters. The largest absolute Gasteiger partial charge is 0.673 e. The van der Waals surface area contributed by atoms with Crippen molar-refractivity contribution >= 4 is 46.0 Å². The van der Waals surface area contributed by atoms with E-state index >= 15 is 0 Å². The summed E-state index contributed by atoms with van der Waals surface area (Å²) in [6.07, 6.45) is 12.5. The van der Waals surface area contributed by atoms with E-state index in [-0.39, 0.29) is 5.75 Å². The zero-order chi connectivity index (χ0) is 29.8. The second-order valence-electron chi connectivity index (χ2n) is 9.06. The van der Waals surface area contributed by atoms with Crippen LogP contribution in [0.15, 0.2) is 65.2 Å². The summed E-state index contributed by atoms with van der Waals surface area (Å²) in [4.78, 5) is 0. The van der Waals surface area contributed by atoms with E-state index in [1.165, 1.54) is 0 Å². The maximum atomic E-state index is 11.1. The Morgan fingerprint density at radius 1 is 1.02 bits per heavy atom. The number of benzene rings is 2. The molecule has 12 heteroatoms. The fraction of sp³-hybridized carbons (Fsp3) is 0.321. The number of unbranched alkanes of at least 4 members (excludes halogenated alkanes) is 1. The van der Waals surface area contributed by atoms with Gasteiger partial charge in [0.2, 0.25) is 0 Å². The minimum absolute atomic E-state index is 0.263. The van der Waals surface area contributed by atoms with Gasteiger partial charge in [-0.05, 0) is 61.4 Å². The van der Waals surface area contributed by atoms with Crippen molar-refractivity contribution in [3.8, 4) is 0 Å². The van der Waals surface area contributed by atoms with Crippen LogP contribution in [0.3, 0.4) is 0 Å². The summed E-state index contributed by atoms with van der Waals surface area (Å²) in [5.41, 5.74) is 12.2. The van der Waals surface area contributed by atoms with Crippen molar-refractivity contribution in [3.63, 3.8) is 0 Å². The molecular formula is C28H35BF4N2O4S. The van der Waals surface area contributed by atoms with Crippen molar-refractivity contribution < 1.29 is 34.7 Å². The van der Waals surface area contributed by atoms with Crippen molar-refractivity contribution in [3.05, 3.63) is 83.1 Å². The molecule has 0 fully saturated rings. The Morgan fingerprint density at radius 2 is 1.70 bits per heavy atom. The molecule has 2 aromatic carbocycles. The predicted molar refractivity (Wildman–Crippen MR) is 156 cm³/mol. The van der Waals surface area contributed by atoms with Crippen LogP contribution in [0.2, 0.25) is 0 Å². The van der Waals surface area contributed by atoms with E-state index in [1.807, 2.05) is 54.8 Å². The lowest BCUT2D eigenvalue weighted by atomic mass is 9.92.